The zero-order valence-electron chi connectivity index (χ0n) is 17.4. The van der Waals surface area contributed by atoms with E-state index >= 15 is 0 Å². The number of allylic oxidation sites excluding steroid dienone is 4. The Morgan fingerprint density at radius 3 is 2.37 bits per heavy atom. The second-order valence-electron chi connectivity index (χ2n) is 7.08. The summed E-state index contributed by atoms with van der Waals surface area (Å²) in [6.45, 7) is 8.16. The molecule has 0 radical (unpaired) electrons. The molecule has 0 aliphatic rings. The van der Waals surface area contributed by atoms with Crippen molar-refractivity contribution in [2.45, 2.75) is 72.6 Å². The van der Waals surface area contributed by atoms with E-state index in [4.69, 9.17) is 0 Å². The van der Waals surface area contributed by atoms with Gasteiger partial charge in [0.2, 0.25) is 0 Å². The fourth-order valence-electron chi connectivity index (χ4n) is 2.91. The van der Waals surface area contributed by atoms with Gasteiger partial charge in [-0.25, -0.2) is 0 Å². The zero-order valence-corrected chi connectivity index (χ0v) is 17.4. The molecule has 1 aromatic carbocycles. The molecule has 0 aliphatic carbocycles. The summed E-state index contributed by atoms with van der Waals surface area (Å²) >= 11 is 0. The topological polar surface area (TPSA) is 80.6 Å². The Morgan fingerprint density at radius 1 is 1.15 bits per heavy atom. The second kappa shape index (κ2) is 12.7. The summed E-state index contributed by atoms with van der Waals surface area (Å²) in [6.07, 6.45) is 9.45. The number of benzene rings is 1. The van der Waals surface area contributed by atoms with Gasteiger partial charge in [-0.15, -0.1) is 0 Å². The predicted molar refractivity (Wildman–Crippen MR) is 103 cm³/mol. The molecular weight excluding hydrogens is 335 g/mol. The first kappa shape index (κ1) is 25.4. The van der Waals surface area contributed by atoms with Gasteiger partial charge >= 0.3 is 18.9 Å². The van der Waals surface area contributed by atoms with Gasteiger partial charge < -0.3 is 20.1 Å². The smallest absolute Gasteiger partial charge is 0.545 e. The van der Waals surface area contributed by atoms with Crippen LogP contribution in [-0.4, -0.2) is 16.2 Å². The second-order valence-corrected chi connectivity index (χ2v) is 7.08. The number of hydrogen-bond donors (Lipinski definition) is 2. The molecule has 0 saturated carbocycles. The number of carbonyl (C=O) groups excluding carboxylic acids is 1. The molecule has 27 heavy (non-hydrogen) atoms. The Bertz CT molecular complexity index is 686. The molecule has 1 aromatic rings. The summed E-state index contributed by atoms with van der Waals surface area (Å²) in [5.41, 5.74) is 2.88. The van der Waals surface area contributed by atoms with Crippen molar-refractivity contribution in [3.05, 3.63) is 46.1 Å². The van der Waals surface area contributed by atoms with Gasteiger partial charge in [0.25, 0.3) is 0 Å². The number of unbranched alkanes of at least 4 members (excludes halogenated alkanes) is 2. The van der Waals surface area contributed by atoms with E-state index in [1.807, 2.05) is 13.0 Å². The number of carboxylic acids is 1. The Morgan fingerprint density at radius 2 is 1.81 bits per heavy atom. The number of aromatic carboxylic acids is 1. The molecule has 0 unspecified atom stereocenters. The summed E-state index contributed by atoms with van der Waals surface area (Å²) in [4.78, 5) is 11.5. The first-order chi connectivity index (χ1) is 12.3. The minimum absolute atomic E-state index is 0. The monoisotopic (exact) mass is 366 g/mol. The Labute approximate surface area is 175 Å². The van der Waals surface area contributed by atoms with Crippen LogP contribution < -0.4 is 24.0 Å². The van der Waals surface area contributed by atoms with Crippen LogP contribution in [0.3, 0.4) is 0 Å². The predicted octanol–water partition coefficient (Wildman–Crippen LogP) is 1.43. The SMILES string of the molecule is CCCCCc1cc(O)c(C/C=C(\C)CCC=C(C)C)c(O)c1C(=O)[O-].[Li+]. The van der Waals surface area contributed by atoms with Gasteiger partial charge in [-0.05, 0) is 64.5 Å². The first-order valence-electron chi connectivity index (χ1n) is 9.34. The molecule has 1 rings (SSSR count). The van der Waals surface area contributed by atoms with Crippen LogP contribution in [0.2, 0.25) is 0 Å². The summed E-state index contributed by atoms with van der Waals surface area (Å²) in [6, 6.07) is 1.46. The molecule has 0 bridgehead atoms. The van der Waals surface area contributed by atoms with E-state index in [-0.39, 0.29) is 47.9 Å². The molecule has 0 spiro atoms. The summed E-state index contributed by atoms with van der Waals surface area (Å²) in [5, 5.41) is 32.2. The molecule has 0 aromatic heterocycles. The molecule has 0 saturated heterocycles. The third-order valence-electron chi connectivity index (χ3n) is 4.46. The van der Waals surface area contributed by atoms with E-state index in [1.165, 1.54) is 11.6 Å². The first-order valence-corrected chi connectivity index (χ1v) is 9.34. The van der Waals surface area contributed by atoms with Gasteiger partial charge in [0.15, 0.2) is 0 Å². The number of aryl methyl sites for hydroxylation is 1. The standard InChI is InChI=1S/C22H32O4.Li/c1-5-6-7-11-17-14-19(23)18(21(24)20(17)22(25)26)13-12-16(4)10-8-9-15(2)3;/h9,12,14,23-24H,5-8,10-11,13H2,1-4H3,(H,25,26);/q;+1/p-1/b16-12+;. The van der Waals surface area contributed by atoms with Gasteiger partial charge in [0, 0.05) is 11.1 Å². The van der Waals surface area contributed by atoms with E-state index in [1.54, 1.807) is 0 Å². The van der Waals surface area contributed by atoms with Crippen LogP contribution in [0.15, 0.2) is 29.4 Å². The minimum Gasteiger partial charge on any atom is -0.545 e. The number of phenolic OH excluding ortho intramolecular Hbond substituents is 1. The number of carboxylic acid groups (broad SMARTS) is 1. The van der Waals surface area contributed by atoms with Crippen LogP contribution >= 0.6 is 0 Å². The van der Waals surface area contributed by atoms with Crippen molar-refractivity contribution in [3.63, 3.8) is 0 Å². The Kier molecular flexibility index (Phi) is 11.9. The average molecular weight is 366 g/mol. The average Bonchev–Trinajstić information content (AvgIpc) is 2.53. The van der Waals surface area contributed by atoms with Crippen LogP contribution in [0.25, 0.3) is 0 Å². The molecule has 144 valence electrons. The fraction of sp³-hybridized carbons (Fsp3) is 0.500. The largest absolute Gasteiger partial charge is 1.00 e. The maximum atomic E-state index is 11.5. The molecule has 0 aliphatic heterocycles. The van der Waals surface area contributed by atoms with Crippen LogP contribution in [0, 0.1) is 0 Å². The van der Waals surface area contributed by atoms with Gasteiger partial charge in [-0.3, -0.25) is 0 Å². The third kappa shape index (κ3) is 8.28. The Hall–Kier alpha value is -1.63. The number of aromatic hydroxyl groups is 2. The molecule has 0 atom stereocenters. The zero-order chi connectivity index (χ0) is 19.7. The van der Waals surface area contributed by atoms with Gasteiger partial charge in [-0.1, -0.05) is 43.1 Å². The fourth-order valence-corrected chi connectivity index (χ4v) is 2.91. The quantitative estimate of drug-likeness (QED) is 0.373. The van der Waals surface area contributed by atoms with Crippen LogP contribution in [-0.2, 0) is 12.8 Å². The van der Waals surface area contributed by atoms with Gasteiger partial charge in [0.05, 0.1) is 5.97 Å². The van der Waals surface area contributed by atoms with Crippen LogP contribution in [0.5, 0.6) is 11.5 Å². The molecule has 2 N–H and O–H groups in total. The molecule has 0 fully saturated rings. The minimum atomic E-state index is -1.40. The number of carbonyl (C=O) groups is 1. The van der Waals surface area contributed by atoms with Crippen LogP contribution in [0.1, 0.15) is 81.3 Å². The summed E-state index contributed by atoms with van der Waals surface area (Å²) in [7, 11) is 0. The van der Waals surface area contributed by atoms with E-state index in [9.17, 15) is 20.1 Å². The maximum absolute atomic E-state index is 11.5. The normalized spacial score (nSPS) is 11.0. The van der Waals surface area contributed by atoms with Crippen LogP contribution in [0.4, 0.5) is 0 Å². The summed E-state index contributed by atoms with van der Waals surface area (Å²) < 4.78 is 0. The molecule has 0 heterocycles. The van der Waals surface area contributed by atoms with Gasteiger partial charge in [0.1, 0.15) is 11.5 Å². The van der Waals surface area contributed by atoms with Crippen molar-refractivity contribution in [1.29, 1.82) is 0 Å². The molecule has 0 amide bonds. The summed E-state index contributed by atoms with van der Waals surface area (Å²) in [5.74, 6) is -1.84. The maximum Gasteiger partial charge on any atom is 1.00 e. The van der Waals surface area contributed by atoms with E-state index in [0.29, 0.717) is 12.0 Å². The van der Waals surface area contributed by atoms with Crippen molar-refractivity contribution in [2.24, 2.45) is 0 Å². The number of rotatable bonds is 10. The van der Waals surface area contributed by atoms with E-state index < -0.39 is 5.97 Å². The van der Waals surface area contributed by atoms with Crippen molar-refractivity contribution in [1.82, 2.24) is 0 Å². The Balaban J connectivity index is 0.00000676. The number of phenols is 2. The van der Waals surface area contributed by atoms with E-state index in [2.05, 4.69) is 26.8 Å². The van der Waals surface area contributed by atoms with Crippen molar-refractivity contribution >= 4 is 5.97 Å². The van der Waals surface area contributed by atoms with Crippen molar-refractivity contribution in [2.75, 3.05) is 0 Å². The van der Waals surface area contributed by atoms with Gasteiger partial charge in [-0.2, -0.15) is 0 Å². The van der Waals surface area contributed by atoms with Crippen molar-refractivity contribution < 1.29 is 39.0 Å². The van der Waals surface area contributed by atoms with E-state index in [0.717, 1.165) is 37.7 Å². The number of hydrogen-bond acceptors (Lipinski definition) is 4. The third-order valence-corrected chi connectivity index (χ3v) is 4.46. The molecular formula is C22H31LiO4. The molecule has 5 heteroatoms. The van der Waals surface area contributed by atoms with Crippen molar-refractivity contribution in [3.8, 4) is 11.5 Å². The molecule has 4 nitrogen and oxygen atoms in total.